The summed E-state index contributed by atoms with van der Waals surface area (Å²) >= 11 is 0. The van der Waals surface area contributed by atoms with Crippen molar-refractivity contribution in [3.63, 3.8) is 0 Å². The molecule has 4 aromatic rings. The van der Waals surface area contributed by atoms with Gasteiger partial charge in [-0.25, -0.2) is 0 Å². The molecule has 5 rings (SSSR count). The van der Waals surface area contributed by atoms with Crippen LogP contribution in [-0.2, 0) is 6.54 Å². The summed E-state index contributed by atoms with van der Waals surface area (Å²) in [6.07, 6.45) is 1.67. The van der Waals surface area contributed by atoms with Crippen molar-refractivity contribution in [1.82, 2.24) is 24.5 Å². The average molecular weight is 460 g/mol. The minimum Gasteiger partial charge on any atom is -0.467 e. The molecule has 0 saturated carbocycles. The van der Waals surface area contributed by atoms with Gasteiger partial charge in [0.05, 0.1) is 24.4 Å². The normalized spacial score (nSPS) is 15.6. The van der Waals surface area contributed by atoms with Crippen LogP contribution in [0, 0.1) is 13.8 Å². The van der Waals surface area contributed by atoms with Crippen LogP contribution in [0.1, 0.15) is 46.4 Å². The van der Waals surface area contributed by atoms with Gasteiger partial charge in [0.25, 0.3) is 5.91 Å². The maximum absolute atomic E-state index is 13.3. The molecule has 4 heterocycles. The van der Waals surface area contributed by atoms with Crippen LogP contribution in [0.4, 0.5) is 0 Å². The molecule has 0 N–H and O–H groups in total. The van der Waals surface area contributed by atoms with Gasteiger partial charge in [0.1, 0.15) is 5.76 Å². The first kappa shape index (κ1) is 22.2. The van der Waals surface area contributed by atoms with E-state index in [1.165, 1.54) is 0 Å². The number of nitrogens with zero attached hydrogens (tertiary/aromatic N) is 5. The van der Waals surface area contributed by atoms with E-state index in [-0.39, 0.29) is 11.9 Å². The van der Waals surface area contributed by atoms with Gasteiger partial charge in [0.15, 0.2) is 0 Å². The molecule has 8 heteroatoms. The highest BCUT2D eigenvalue weighted by molar-refractivity contribution is 5.95. The quantitative estimate of drug-likeness (QED) is 0.427. The number of carbonyl (C=O) groups is 1. The number of hydrogen-bond donors (Lipinski definition) is 0. The van der Waals surface area contributed by atoms with Gasteiger partial charge < -0.3 is 18.4 Å². The zero-order valence-electron chi connectivity index (χ0n) is 19.8. The molecule has 8 nitrogen and oxygen atoms in total. The van der Waals surface area contributed by atoms with Crippen molar-refractivity contribution in [3.05, 3.63) is 83.4 Å². The topological polar surface area (TPSA) is 80.5 Å². The maximum Gasteiger partial charge on any atom is 0.255 e. The van der Waals surface area contributed by atoms with E-state index in [1.807, 2.05) is 67.3 Å². The van der Waals surface area contributed by atoms with E-state index in [9.17, 15) is 4.79 Å². The second-order valence-electron chi connectivity index (χ2n) is 8.78. The molecule has 0 bridgehead atoms. The number of rotatable bonds is 6. The minimum atomic E-state index is -0.0134. The van der Waals surface area contributed by atoms with Gasteiger partial charge >= 0.3 is 0 Å². The predicted molar refractivity (Wildman–Crippen MR) is 127 cm³/mol. The maximum atomic E-state index is 13.3. The third-order valence-corrected chi connectivity index (χ3v) is 6.68. The van der Waals surface area contributed by atoms with Crippen molar-refractivity contribution in [2.24, 2.45) is 0 Å². The Balaban J connectivity index is 1.22. The van der Waals surface area contributed by atoms with E-state index < -0.39 is 0 Å². The summed E-state index contributed by atoms with van der Waals surface area (Å²) in [5, 5.41) is 4.15. The molecule has 0 spiro atoms. The molecule has 176 valence electrons. The van der Waals surface area contributed by atoms with Crippen molar-refractivity contribution < 1.29 is 13.7 Å². The van der Waals surface area contributed by atoms with Crippen LogP contribution in [0.25, 0.3) is 11.4 Å². The van der Waals surface area contributed by atoms with E-state index in [0.717, 1.165) is 41.4 Å². The highest BCUT2D eigenvalue weighted by Crippen LogP contribution is 2.25. The molecule has 1 aliphatic rings. The standard InChI is InChI=1S/C26H29N5O3/c1-18-16-23(19(2)31(18)17-22-10-7-15-33-22)26(32)30-13-11-29(12-14-30)20(3)25-27-24(28-34-25)21-8-5-4-6-9-21/h4-10,15-16,20H,11-14,17H2,1-3H3. The van der Waals surface area contributed by atoms with E-state index in [0.29, 0.717) is 31.3 Å². The number of carbonyl (C=O) groups excluding carboxylic acids is 1. The second-order valence-corrected chi connectivity index (χ2v) is 8.78. The molecule has 1 fully saturated rings. The second kappa shape index (κ2) is 9.30. The van der Waals surface area contributed by atoms with Crippen LogP contribution in [0.3, 0.4) is 0 Å². The summed E-state index contributed by atoms with van der Waals surface area (Å²) in [4.78, 5) is 22.1. The molecule has 0 radical (unpaired) electrons. The molecule has 34 heavy (non-hydrogen) atoms. The van der Waals surface area contributed by atoms with E-state index >= 15 is 0 Å². The van der Waals surface area contributed by atoms with Crippen LogP contribution >= 0.6 is 0 Å². The highest BCUT2D eigenvalue weighted by Gasteiger charge is 2.29. The molecular weight excluding hydrogens is 430 g/mol. The van der Waals surface area contributed by atoms with Gasteiger partial charge in [-0.15, -0.1) is 0 Å². The molecule has 1 amide bonds. The highest BCUT2D eigenvalue weighted by atomic mass is 16.5. The SMILES string of the molecule is Cc1cc(C(=O)N2CCN(C(C)c3nc(-c4ccccc4)no3)CC2)c(C)n1Cc1ccco1. The Hall–Kier alpha value is -3.65. The van der Waals surface area contributed by atoms with Gasteiger partial charge in [0, 0.05) is 43.1 Å². The molecule has 3 aromatic heterocycles. The molecule has 1 saturated heterocycles. The van der Waals surface area contributed by atoms with Crippen LogP contribution in [0.5, 0.6) is 0 Å². The van der Waals surface area contributed by atoms with Crippen LogP contribution in [0.15, 0.2) is 63.7 Å². The van der Waals surface area contributed by atoms with Gasteiger partial charge in [-0.3, -0.25) is 9.69 Å². The fourth-order valence-corrected chi connectivity index (χ4v) is 4.57. The molecule has 1 unspecified atom stereocenters. The van der Waals surface area contributed by atoms with Crippen molar-refractivity contribution in [1.29, 1.82) is 0 Å². The molecular formula is C26H29N5O3. The largest absolute Gasteiger partial charge is 0.467 e. The minimum absolute atomic E-state index is 0.0134. The fraction of sp³-hybridized carbons (Fsp3) is 0.346. The summed E-state index contributed by atoms with van der Waals surface area (Å²) < 4.78 is 13.2. The third-order valence-electron chi connectivity index (χ3n) is 6.68. The predicted octanol–water partition coefficient (Wildman–Crippen LogP) is 4.32. The fourth-order valence-electron chi connectivity index (χ4n) is 4.57. The van der Waals surface area contributed by atoms with E-state index in [1.54, 1.807) is 6.26 Å². The number of aromatic nitrogens is 3. The first-order valence-corrected chi connectivity index (χ1v) is 11.6. The van der Waals surface area contributed by atoms with Gasteiger partial charge in [0.2, 0.25) is 11.7 Å². The Bertz CT molecular complexity index is 1250. The zero-order chi connectivity index (χ0) is 23.7. The van der Waals surface area contributed by atoms with Crippen LogP contribution < -0.4 is 0 Å². The first-order valence-electron chi connectivity index (χ1n) is 11.6. The number of piperazine rings is 1. The Labute approximate surface area is 198 Å². The van der Waals surface area contributed by atoms with E-state index in [4.69, 9.17) is 8.94 Å². The third kappa shape index (κ3) is 4.28. The van der Waals surface area contributed by atoms with Crippen LogP contribution in [0.2, 0.25) is 0 Å². The zero-order valence-corrected chi connectivity index (χ0v) is 19.8. The molecule has 1 aliphatic heterocycles. The number of benzene rings is 1. The van der Waals surface area contributed by atoms with Crippen molar-refractivity contribution >= 4 is 5.91 Å². The lowest BCUT2D eigenvalue weighted by Crippen LogP contribution is -2.49. The molecule has 0 aliphatic carbocycles. The lowest BCUT2D eigenvalue weighted by atomic mass is 10.1. The summed E-state index contributed by atoms with van der Waals surface area (Å²) in [7, 11) is 0. The monoisotopic (exact) mass is 459 g/mol. The average Bonchev–Trinajstić information content (AvgIpc) is 3.62. The smallest absolute Gasteiger partial charge is 0.255 e. The number of furan rings is 1. The lowest BCUT2D eigenvalue weighted by Gasteiger charge is -2.36. The van der Waals surface area contributed by atoms with Crippen molar-refractivity contribution in [2.75, 3.05) is 26.2 Å². The summed E-state index contributed by atoms with van der Waals surface area (Å²) in [5.74, 6) is 2.15. The Kier molecular flexibility index (Phi) is 6.06. The Morgan fingerprint density at radius 3 is 2.53 bits per heavy atom. The van der Waals surface area contributed by atoms with Gasteiger partial charge in [-0.1, -0.05) is 35.5 Å². The Morgan fingerprint density at radius 2 is 1.82 bits per heavy atom. The molecule has 1 aromatic carbocycles. The first-order chi connectivity index (χ1) is 16.5. The number of amides is 1. The van der Waals surface area contributed by atoms with Gasteiger partial charge in [-0.2, -0.15) is 4.98 Å². The van der Waals surface area contributed by atoms with Crippen molar-refractivity contribution in [3.8, 4) is 11.4 Å². The van der Waals surface area contributed by atoms with Crippen molar-refractivity contribution in [2.45, 2.75) is 33.4 Å². The number of hydrogen-bond acceptors (Lipinski definition) is 6. The summed E-state index contributed by atoms with van der Waals surface area (Å²) in [5.41, 5.74) is 3.71. The Morgan fingerprint density at radius 1 is 1.06 bits per heavy atom. The summed E-state index contributed by atoms with van der Waals surface area (Å²) in [6.45, 7) is 9.54. The summed E-state index contributed by atoms with van der Waals surface area (Å²) in [6, 6.07) is 15.6. The van der Waals surface area contributed by atoms with Gasteiger partial charge in [-0.05, 0) is 39.0 Å². The number of aryl methyl sites for hydroxylation is 1. The lowest BCUT2D eigenvalue weighted by molar-refractivity contribution is 0.0551. The van der Waals surface area contributed by atoms with Crippen LogP contribution in [-0.4, -0.2) is 56.6 Å². The molecule has 1 atom stereocenters. The van der Waals surface area contributed by atoms with E-state index in [2.05, 4.69) is 26.5 Å².